The van der Waals surface area contributed by atoms with Gasteiger partial charge in [-0.25, -0.2) is 0 Å². The van der Waals surface area contributed by atoms with Gasteiger partial charge in [-0.15, -0.1) is 5.73 Å². The summed E-state index contributed by atoms with van der Waals surface area (Å²) in [7, 11) is 1.85. The van der Waals surface area contributed by atoms with Gasteiger partial charge in [-0.3, -0.25) is 0 Å². The molecular formula is C9H15BO3. The summed E-state index contributed by atoms with van der Waals surface area (Å²) in [5.41, 5.74) is 1.82. The zero-order chi connectivity index (χ0) is 10.1. The fraction of sp³-hybridized carbons (Fsp3) is 0.667. The molecule has 0 aromatic heterocycles. The lowest BCUT2D eigenvalue weighted by Gasteiger charge is -2.26. The Morgan fingerprint density at radius 1 is 1.62 bits per heavy atom. The molecule has 0 aliphatic heterocycles. The van der Waals surface area contributed by atoms with Crippen molar-refractivity contribution in [1.82, 2.24) is 0 Å². The minimum Gasteiger partial charge on any atom is -0.395 e. The fourth-order valence-corrected chi connectivity index (χ4v) is 2.04. The maximum Gasteiger partial charge on any atom is 0.108 e. The Bertz CT molecular complexity index is 237. The van der Waals surface area contributed by atoms with E-state index in [2.05, 4.69) is 12.3 Å². The van der Waals surface area contributed by atoms with Crippen LogP contribution in [-0.4, -0.2) is 42.0 Å². The topological polar surface area (TPSA) is 60.7 Å². The summed E-state index contributed by atoms with van der Waals surface area (Å²) in [6.45, 7) is 3.23. The van der Waals surface area contributed by atoms with Crippen LogP contribution in [0.5, 0.6) is 0 Å². The van der Waals surface area contributed by atoms with Crippen LogP contribution in [-0.2, 0) is 0 Å². The minimum absolute atomic E-state index is 0.00764. The molecule has 0 radical (unpaired) electrons. The second-order valence-corrected chi connectivity index (χ2v) is 3.86. The molecule has 1 unspecified atom stereocenters. The van der Waals surface area contributed by atoms with Crippen LogP contribution < -0.4 is 0 Å². The van der Waals surface area contributed by atoms with Gasteiger partial charge in [0.25, 0.3) is 0 Å². The lowest BCUT2D eigenvalue weighted by atomic mass is 9.79. The van der Waals surface area contributed by atoms with Crippen LogP contribution in [0.1, 0.15) is 6.42 Å². The molecule has 0 aromatic rings. The van der Waals surface area contributed by atoms with Gasteiger partial charge in [-0.1, -0.05) is 6.58 Å². The second kappa shape index (κ2) is 3.68. The first kappa shape index (κ1) is 10.5. The normalized spacial score (nSPS) is 44.4. The Hall–Kier alpha value is -0.535. The number of aliphatic hydroxyl groups excluding tert-OH is 3. The number of hydrogen-bond acceptors (Lipinski definition) is 3. The van der Waals surface area contributed by atoms with Crippen molar-refractivity contribution in [2.24, 2.45) is 5.41 Å². The van der Waals surface area contributed by atoms with E-state index < -0.39 is 17.6 Å². The maximum atomic E-state index is 9.70. The van der Waals surface area contributed by atoms with Gasteiger partial charge >= 0.3 is 0 Å². The molecule has 0 saturated heterocycles. The van der Waals surface area contributed by atoms with E-state index in [0.29, 0.717) is 6.42 Å². The molecule has 1 fully saturated rings. The predicted molar refractivity (Wildman–Crippen MR) is 52.2 cm³/mol. The van der Waals surface area contributed by atoms with Gasteiger partial charge < -0.3 is 15.3 Å². The zero-order valence-electron chi connectivity index (χ0n) is 7.77. The Balaban J connectivity index is 2.95. The summed E-state index contributed by atoms with van der Waals surface area (Å²) in [6, 6.07) is 0. The molecule has 1 aliphatic carbocycles. The van der Waals surface area contributed by atoms with Gasteiger partial charge in [0.1, 0.15) is 7.85 Å². The summed E-state index contributed by atoms with van der Waals surface area (Å²) in [4.78, 5) is 0. The summed E-state index contributed by atoms with van der Waals surface area (Å²) < 4.78 is 0. The monoisotopic (exact) mass is 182 g/mol. The molecule has 3 nitrogen and oxygen atoms in total. The van der Waals surface area contributed by atoms with Gasteiger partial charge in [-0.2, -0.15) is 0 Å². The first-order valence-electron chi connectivity index (χ1n) is 4.41. The lowest BCUT2D eigenvalue weighted by Crippen LogP contribution is -2.37. The van der Waals surface area contributed by atoms with Crippen LogP contribution >= 0.6 is 0 Å². The SMILES string of the molecule is B[C@@H]1C[C@](C=C=C)(CO)[C@H](O)C1O. The first-order valence-corrected chi connectivity index (χ1v) is 4.41. The van der Waals surface area contributed by atoms with Crippen molar-refractivity contribution in [2.45, 2.75) is 24.4 Å². The molecule has 0 amide bonds. The Morgan fingerprint density at radius 2 is 2.23 bits per heavy atom. The van der Waals surface area contributed by atoms with E-state index in [0.717, 1.165) is 0 Å². The van der Waals surface area contributed by atoms with Crippen molar-refractivity contribution >= 4 is 7.85 Å². The van der Waals surface area contributed by atoms with Crippen LogP contribution in [0.15, 0.2) is 18.4 Å². The third kappa shape index (κ3) is 1.58. The van der Waals surface area contributed by atoms with E-state index in [-0.39, 0.29) is 12.4 Å². The summed E-state index contributed by atoms with van der Waals surface area (Å²) >= 11 is 0. The summed E-state index contributed by atoms with van der Waals surface area (Å²) in [6.07, 6.45) is 0.442. The average molecular weight is 182 g/mol. The predicted octanol–water partition coefficient (Wildman–Crippen LogP) is -1.15. The highest BCUT2D eigenvalue weighted by Crippen LogP contribution is 2.44. The van der Waals surface area contributed by atoms with Crippen molar-refractivity contribution < 1.29 is 15.3 Å². The van der Waals surface area contributed by atoms with E-state index in [1.807, 2.05) is 7.85 Å². The standard InChI is InChI=1S/C9H15BO3/c1-2-3-9(5-11)4-6(10)7(12)8(9)13/h3,6-8,11-13H,1,4-5,10H2/t6-,7?,8-,9-/m1/s1. The van der Waals surface area contributed by atoms with Crippen LogP contribution in [0.3, 0.4) is 0 Å². The number of hydrogen-bond donors (Lipinski definition) is 3. The quantitative estimate of drug-likeness (QED) is 0.373. The first-order chi connectivity index (χ1) is 6.07. The van der Waals surface area contributed by atoms with Crippen LogP contribution in [0.2, 0.25) is 5.82 Å². The van der Waals surface area contributed by atoms with Crippen LogP contribution in [0.25, 0.3) is 0 Å². The second-order valence-electron chi connectivity index (χ2n) is 3.86. The molecular weight excluding hydrogens is 167 g/mol. The van der Waals surface area contributed by atoms with Crippen molar-refractivity contribution in [2.75, 3.05) is 6.61 Å². The van der Waals surface area contributed by atoms with E-state index in [9.17, 15) is 15.3 Å². The fourth-order valence-electron chi connectivity index (χ4n) is 2.04. The van der Waals surface area contributed by atoms with Gasteiger partial charge in [0.2, 0.25) is 0 Å². The average Bonchev–Trinajstić information content (AvgIpc) is 2.32. The lowest BCUT2D eigenvalue weighted by molar-refractivity contribution is -0.0225. The minimum atomic E-state index is -0.915. The number of rotatable bonds is 2. The molecule has 13 heavy (non-hydrogen) atoms. The Kier molecular flexibility index (Phi) is 2.99. The van der Waals surface area contributed by atoms with Crippen molar-refractivity contribution in [3.05, 3.63) is 18.4 Å². The van der Waals surface area contributed by atoms with Crippen molar-refractivity contribution in [1.29, 1.82) is 0 Å². The molecule has 0 bridgehead atoms. The van der Waals surface area contributed by atoms with Crippen molar-refractivity contribution in [3.63, 3.8) is 0 Å². The highest BCUT2D eigenvalue weighted by Gasteiger charge is 2.49. The molecule has 0 heterocycles. The van der Waals surface area contributed by atoms with Gasteiger partial charge in [0.05, 0.1) is 18.8 Å². The molecule has 1 aliphatic rings. The van der Waals surface area contributed by atoms with E-state index in [4.69, 9.17) is 0 Å². The zero-order valence-corrected chi connectivity index (χ0v) is 7.77. The van der Waals surface area contributed by atoms with E-state index in [1.54, 1.807) is 6.08 Å². The van der Waals surface area contributed by atoms with E-state index >= 15 is 0 Å². The van der Waals surface area contributed by atoms with Crippen LogP contribution in [0.4, 0.5) is 0 Å². The molecule has 3 N–H and O–H groups in total. The largest absolute Gasteiger partial charge is 0.395 e. The number of aliphatic hydroxyl groups is 3. The summed E-state index contributed by atoms with van der Waals surface area (Å²) in [5, 5.41) is 28.4. The molecule has 1 saturated carbocycles. The third-order valence-electron chi connectivity index (χ3n) is 2.88. The third-order valence-corrected chi connectivity index (χ3v) is 2.88. The Morgan fingerprint density at radius 3 is 2.54 bits per heavy atom. The van der Waals surface area contributed by atoms with E-state index in [1.165, 1.54) is 0 Å². The molecule has 72 valence electrons. The highest BCUT2D eigenvalue weighted by molar-refractivity contribution is 6.12. The highest BCUT2D eigenvalue weighted by atomic mass is 16.3. The molecule has 1 rings (SSSR count). The van der Waals surface area contributed by atoms with Crippen molar-refractivity contribution in [3.8, 4) is 0 Å². The molecule has 4 heteroatoms. The molecule has 0 aromatic carbocycles. The van der Waals surface area contributed by atoms with Gasteiger partial charge in [0, 0.05) is 5.41 Å². The maximum absolute atomic E-state index is 9.70. The summed E-state index contributed by atoms with van der Waals surface area (Å²) in [5.74, 6) is -0.00764. The van der Waals surface area contributed by atoms with Gasteiger partial charge in [0.15, 0.2) is 0 Å². The smallest absolute Gasteiger partial charge is 0.108 e. The van der Waals surface area contributed by atoms with Gasteiger partial charge in [-0.05, 0) is 18.3 Å². The molecule has 0 spiro atoms. The Labute approximate surface area is 78.8 Å². The van der Waals surface area contributed by atoms with Crippen LogP contribution in [0, 0.1) is 5.41 Å². The molecule has 4 atom stereocenters.